The molecule has 2 fully saturated rings. The van der Waals surface area contributed by atoms with Crippen LogP contribution in [0.3, 0.4) is 0 Å². The number of piperazine rings is 1. The number of amides is 1. The molecule has 0 aliphatic carbocycles. The molecule has 24 heavy (non-hydrogen) atoms. The van der Waals surface area contributed by atoms with Gasteiger partial charge in [-0.15, -0.1) is 12.4 Å². The predicted molar refractivity (Wildman–Crippen MR) is 93.8 cm³/mol. The van der Waals surface area contributed by atoms with Gasteiger partial charge in [0.15, 0.2) is 0 Å². The number of nitro groups is 1. The molecule has 8 heteroatoms. The summed E-state index contributed by atoms with van der Waals surface area (Å²) in [5.41, 5.74) is 0.665. The Morgan fingerprint density at radius 2 is 2.00 bits per heavy atom. The van der Waals surface area contributed by atoms with Crippen molar-refractivity contribution in [3.63, 3.8) is 0 Å². The zero-order chi connectivity index (χ0) is 16.4. The van der Waals surface area contributed by atoms with Crippen LogP contribution in [-0.2, 0) is 0 Å². The Morgan fingerprint density at radius 3 is 2.67 bits per heavy atom. The number of aryl methyl sites for hydroxylation is 1. The van der Waals surface area contributed by atoms with Gasteiger partial charge in [-0.2, -0.15) is 0 Å². The molecule has 3 rings (SSSR count). The summed E-state index contributed by atoms with van der Waals surface area (Å²) in [5.74, 6) is -0.224. The summed E-state index contributed by atoms with van der Waals surface area (Å²) in [6, 6.07) is 5.30. The number of carbonyl (C=O) groups excluding carboxylic acids is 1. The summed E-state index contributed by atoms with van der Waals surface area (Å²) in [7, 11) is 0. The number of benzene rings is 1. The van der Waals surface area contributed by atoms with Crippen molar-refractivity contribution < 1.29 is 9.72 Å². The Morgan fingerprint density at radius 1 is 1.29 bits per heavy atom. The summed E-state index contributed by atoms with van der Waals surface area (Å²) in [6.07, 6.45) is 0.936. The van der Waals surface area contributed by atoms with Gasteiger partial charge in [-0.05, 0) is 19.4 Å². The Bertz CT molecular complexity index is 619. The summed E-state index contributed by atoms with van der Waals surface area (Å²) >= 11 is 0. The number of nitrogens with zero attached hydrogens (tertiary/aromatic N) is 3. The Kier molecular flexibility index (Phi) is 6.15. The lowest BCUT2D eigenvalue weighted by Gasteiger charge is -2.32. The summed E-state index contributed by atoms with van der Waals surface area (Å²) in [6.45, 7) is 6.95. The van der Waals surface area contributed by atoms with Crippen LogP contribution in [0, 0.1) is 17.0 Å². The van der Waals surface area contributed by atoms with Gasteiger partial charge in [0, 0.05) is 50.9 Å². The van der Waals surface area contributed by atoms with Crippen LogP contribution in [0.2, 0.25) is 0 Å². The smallest absolute Gasteiger partial charge is 0.285 e. The van der Waals surface area contributed by atoms with Crippen molar-refractivity contribution in [1.29, 1.82) is 0 Å². The largest absolute Gasteiger partial charge is 0.337 e. The van der Waals surface area contributed by atoms with Crippen molar-refractivity contribution in [3.05, 3.63) is 39.4 Å². The molecule has 0 radical (unpaired) electrons. The second-order valence-electron chi connectivity index (χ2n) is 6.21. The third kappa shape index (κ3) is 3.68. The van der Waals surface area contributed by atoms with Crippen molar-refractivity contribution in [2.45, 2.75) is 19.4 Å². The van der Waals surface area contributed by atoms with E-state index in [0.717, 1.165) is 32.6 Å². The minimum atomic E-state index is -0.452. The lowest BCUT2D eigenvalue weighted by Crippen LogP contribution is -2.49. The van der Waals surface area contributed by atoms with E-state index < -0.39 is 4.92 Å². The van der Waals surface area contributed by atoms with Crippen LogP contribution in [0.4, 0.5) is 5.69 Å². The fourth-order valence-corrected chi connectivity index (χ4v) is 3.52. The number of hydrogen-bond donors (Lipinski definition) is 1. The van der Waals surface area contributed by atoms with Crippen LogP contribution in [0.1, 0.15) is 22.3 Å². The highest BCUT2D eigenvalue weighted by atomic mass is 35.5. The van der Waals surface area contributed by atoms with Crippen LogP contribution in [-0.4, -0.2) is 65.9 Å². The van der Waals surface area contributed by atoms with E-state index in [9.17, 15) is 14.9 Å². The maximum Gasteiger partial charge on any atom is 0.285 e. The fourth-order valence-electron chi connectivity index (χ4n) is 3.52. The van der Waals surface area contributed by atoms with Crippen LogP contribution >= 0.6 is 12.4 Å². The van der Waals surface area contributed by atoms with E-state index in [2.05, 4.69) is 10.2 Å². The molecule has 0 spiro atoms. The Hall–Kier alpha value is -1.70. The molecule has 1 aromatic carbocycles. The van der Waals surface area contributed by atoms with Gasteiger partial charge in [0.05, 0.1) is 4.92 Å². The van der Waals surface area contributed by atoms with Crippen molar-refractivity contribution in [2.24, 2.45) is 0 Å². The molecule has 2 saturated heterocycles. The number of hydrogen-bond acceptors (Lipinski definition) is 5. The molecular weight excluding hydrogens is 332 g/mol. The minimum absolute atomic E-state index is 0. The van der Waals surface area contributed by atoms with Gasteiger partial charge < -0.3 is 10.2 Å². The third-order valence-corrected chi connectivity index (χ3v) is 4.77. The Labute approximate surface area is 147 Å². The maximum atomic E-state index is 12.7. The molecule has 1 atom stereocenters. The molecule has 2 aliphatic rings. The van der Waals surface area contributed by atoms with Crippen LogP contribution in [0.5, 0.6) is 0 Å². The number of rotatable bonds is 3. The van der Waals surface area contributed by atoms with Gasteiger partial charge in [0.1, 0.15) is 5.56 Å². The fraction of sp³-hybridized carbons (Fsp3) is 0.562. The van der Waals surface area contributed by atoms with Crippen LogP contribution < -0.4 is 5.32 Å². The molecule has 1 unspecified atom stereocenters. The van der Waals surface area contributed by atoms with Crippen LogP contribution in [0.25, 0.3) is 0 Å². The monoisotopic (exact) mass is 354 g/mol. The number of likely N-dealkylation sites (tertiary alicyclic amines) is 1. The molecule has 0 aromatic heterocycles. The maximum absolute atomic E-state index is 12.7. The van der Waals surface area contributed by atoms with Crippen molar-refractivity contribution >= 4 is 24.0 Å². The quantitative estimate of drug-likeness (QED) is 0.656. The van der Waals surface area contributed by atoms with Gasteiger partial charge in [0.2, 0.25) is 0 Å². The normalized spacial score (nSPS) is 21.4. The highest BCUT2D eigenvalue weighted by Crippen LogP contribution is 2.26. The number of nitro benzene ring substituents is 1. The molecule has 7 nitrogen and oxygen atoms in total. The molecule has 1 N–H and O–H groups in total. The second-order valence-corrected chi connectivity index (χ2v) is 6.21. The highest BCUT2D eigenvalue weighted by Gasteiger charge is 2.34. The number of nitrogens with one attached hydrogen (secondary N) is 1. The molecule has 2 aliphatic heterocycles. The predicted octanol–water partition coefficient (Wildman–Crippen LogP) is 1.44. The molecule has 132 valence electrons. The van der Waals surface area contributed by atoms with Crippen LogP contribution in [0.15, 0.2) is 18.2 Å². The zero-order valence-electron chi connectivity index (χ0n) is 13.7. The number of carbonyl (C=O) groups is 1. The first-order chi connectivity index (χ1) is 11.1. The van der Waals surface area contributed by atoms with Gasteiger partial charge in [-0.3, -0.25) is 19.8 Å². The molecule has 1 amide bonds. The van der Waals surface area contributed by atoms with Crippen molar-refractivity contribution in [3.8, 4) is 0 Å². The van der Waals surface area contributed by atoms with Gasteiger partial charge in [-0.1, -0.05) is 12.1 Å². The second kappa shape index (κ2) is 7.92. The zero-order valence-corrected chi connectivity index (χ0v) is 14.6. The van der Waals surface area contributed by atoms with E-state index in [-0.39, 0.29) is 29.6 Å². The Balaban J connectivity index is 0.00000208. The SMILES string of the molecule is Cc1cccc(C(=O)N2CCC(N3CCNCC3)C2)c1[N+](=O)[O-].Cl. The summed E-state index contributed by atoms with van der Waals surface area (Å²) < 4.78 is 0. The first-order valence-corrected chi connectivity index (χ1v) is 8.06. The standard InChI is InChI=1S/C16H22N4O3.ClH/c1-12-3-2-4-14(15(12)20(22)23)16(21)19-8-5-13(11-19)18-9-6-17-7-10-18;/h2-4,13,17H,5-11H2,1H3;1H. The molecule has 0 bridgehead atoms. The molecule has 2 heterocycles. The lowest BCUT2D eigenvalue weighted by atomic mass is 10.1. The minimum Gasteiger partial charge on any atom is -0.337 e. The first kappa shape index (κ1) is 18.6. The topological polar surface area (TPSA) is 78.7 Å². The van der Waals surface area contributed by atoms with Gasteiger partial charge >= 0.3 is 0 Å². The van der Waals surface area contributed by atoms with E-state index in [1.54, 1.807) is 30.0 Å². The summed E-state index contributed by atoms with van der Waals surface area (Å²) in [5, 5.41) is 14.6. The molecular formula is C16H23ClN4O3. The average Bonchev–Trinajstić information content (AvgIpc) is 3.04. The van der Waals surface area contributed by atoms with E-state index in [4.69, 9.17) is 0 Å². The first-order valence-electron chi connectivity index (χ1n) is 8.06. The third-order valence-electron chi connectivity index (χ3n) is 4.77. The molecule has 0 saturated carbocycles. The van der Waals surface area contributed by atoms with E-state index in [1.807, 2.05) is 0 Å². The van der Waals surface area contributed by atoms with Gasteiger partial charge in [-0.25, -0.2) is 0 Å². The van der Waals surface area contributed by atoms with Crippen molar-refractivity contribution in [1.82, 2.24) is 15.1 Å². The molecule has 1 aromatic rings. The summed E-state index contributed by atoms with van der Waals surface area (Å²) in [4.78, 5) is 27.8. The lowest BCUT2D eigenvalue weighted by molar-refractivity contribution is -0.385. The highest BCUT2D eigenvalue weighted by molar-refractivity contribution is 5.98. The van der Waals surface area contributed by atoms with E-state index in [1.165, 1.54) is 0 Å². The van der Waals surface area contributed by atoms with E-state index in [0.29, 0.717) is 24.7 Å². The van der Waals surface area contributed by atoms with Crippen molar-refractivity contribution in [2.75, 3.05) is 39.3 Å². The van der Waals surface area contributed by atoms with Gasteiger partial charge in [0.25, 0.3) is 11.6 Å². The number of halogens is 1. The number of para-hydroxylation sites is 1. The average molecular weight is 355 g/mol. The van der Waals surface area contributed by atoms with E-state index >= 15 is 0 Å².